The Morgan fingerprint density at radius 2 is 2.11 bits per heavy atom. The largest absolute Gasteiger partial charge is 0.492 e. The molecule has 0 fully saturated rings. The molecule has 0 saturated heterocycles. The van der Waals surface area contributed by atoms with Gasteiger partial charge in [-0.1, -0.05) is 19.1 Å². The summed E-state index contributed by atoms with van der Waals surface area (Å²) in [5.74, 6) is 1.35. The molecular formula is C12H14F3NOS2. The van der Waals surface area contributed by atoms with Gasteiger partial charge in [0.2, 0.25) is 0 Å². The smallest absolute Gasteiger partial charge is 0.419 e. The van der Waals surface area contributed by atoms with Crippen molar-refractivity contribution in [2.24, 2.45) is 5.73 Å². The molecule has 2 nitrogen and oxygen atoms in total. The number of alkyl halides is 3. The van der Waals surface area contributed by atoms with E-state index < -0.39 is 11.7 Å². The molecule has 0 spiro atoms. The second-order valence-electron chi connectivity index (χ2n) is 3.62. The first kappa shape index (κ1) is 16.1. The van der Waals surface area contributed by atoms with Crippen molar-refractivity contribution >= 4 is 29.0 Å². The van der Waals surface area contributed by atoms with Gasteiger partial charge in [-0.2, -0.15) is 24.9 Å². The van der Waals surface area contributed by atoms with Crippen LogP contribution in [0.2, 0.25) is 0 Å². The zero-order valence-electron chi connectivity index (χ0n) is 10.3. The van der Waals surface area contributed by atoms with E-state index in [9.17, 15) is 13.2 Å². The van der Waals surface area contributed by atoms with Gasteiger partial charge in [0.05, 0.1) is 12.2 Å². The molecule has 19 heavy (non-hydrogen) atoms. The van der Waals surface area contributed by atoms with Gasteiger partial charge in [0, 0.05) is 11.3 Å². The summed E-state index contributed by atoms with van der Waals surface area (Å²) in [7, 11) is 0. The van der Waals surface area contributed by atoms with Crippen LogP contribution in [0.25, 0.3) is 0 Å². The first-order valence-corrected chi connectivity index (χ1v) is 7.14. The minimum atomic E-state index is -4.49. The summed E-state index contributed by atoms with van der Waals surface area (Å²) in [6.07, 6.45) is -4.49. The van der Waals surface area contributed by atoms with Crippen LogP contribution in [0, 0.1) is 0 Å². The van der Waals surface area contributed by atoms with Gasteiger partial charge in [-0.15, -0.1) is 0 Å². The lowest BCUT2D eigenvalue weighted by molar-refractivity contribution is -0.138. The van der Waals surface area contributed by atoms with Crippen LogP contribution in [0.15, 0.2) is 18.2 Å². The number of nitrogens with two attached hydrogens (primary N) is 1. The number of hydrogen-bond acceptors (Lipinski definition) is 3. The van der Waals surface area contributed by atoms with E-state index in [1.165, 1.54) is 12.1 Å². The maximum Gasteiger partial charge on any atom is 0.419 e. The molecule has 0 aliphatic heterocycles. The van der Waals surface area contributed by atoms with Crippen LogP contribution < -0.4 is 10.5 Å². The quantitative estimate of drug-likeness (QED) is 0.644. The zero-order valence-corrected chi connectivity index (χ0v) is 11.9. The number of thiocarbonyl (C=S) groups is 1. The van der Waals surface area contributed by atoms with Crippen LogP contribution in [0.1, 0.15) is 18.1 Å². The van der Waals surface area contributed by atoms with E-state index in [1.54, 1.807) is 11.8 Å². The summed E-state index contributed by atoms with van der Waals surface area (Å²) >= 11 is 6.28. The molecule has 1 aromatic rings. The number of halogens is 3. The van der Waals surface area contributed by atoms with Gasteiger partial charge in [-0.05, 0) is 24.0 Å². The predicted molar refractivity (Wildman–Crippen MR) is 75.8 cm³/mol. The molecule has 0 atom stereocenters. The maximum atomic E-state index is 12.9. The predicted octanol–water partition coefficient (Wildman–Crippen LogP) is 3.47. The number of ether oxygens (including phenoxy) is 1. The monoisotopic (exact) mass is 309 g/mol. The summed E-state index contributed by atoms with van der Waals surface area (Å²) in [4.78, 5) is -0.0708. The van der Waals surface area contributed by atoms with Gasteiger partial charge >= 0.3 is 6.18 Å². The van der Waals surface area contributed by atoms with Crippen molar-refractivity contribution in [3.63, 3.8) is 0 Å². The number of benzene rings is 1. The van der Waals surface area contributed by atoms with Crippen LogP contribution in [0.5, 0.6) is 5.75 Å². The maximum absolute atomic E-state index is 12.9. The van der Waals surface area contributed by atoms with Gasteiger partial charge < -0.3 is 10.5 Å². The molecule has 0 aromatic heterocycles. The molecule has 0 radical (unpaired) electrons. The van der Waals surface area contributed by atoms with Crippen LogP contribution >= 0.6 is 24.0 Å². The second kappa shape index (κ2) is 7.00. The van der Waals surface area contributed by atoms with Crippen LogP contribution in [0.4, 0.5) is 13.2 Å². The van der Waals surface area contributed by atoms with Crippen molar-refractivity contribution in [1.29, 1.82) is 0 Å². The molecule has 106 valence electrons. The van der Waals surface area contributed by atoms with Gasteiger partial charge in [-0.25, -0.2) is 0 Å². The number of thioether (sulfide) groups is 1. The van der Waals surface area contributed by atoms with Gasteiger partial charge in [0.1, 0.15) is 10.7 Å². The lowest BCUT2D eigenvalue weighted by atomic mass is 10.1. The Bertz CT molecular complexity index is 449. The van der Waals surface area contributed by atoms with Crippen molar-refractivity contribution in [3.05, 3.63) is 29.3 Å². The summed E-state index contributed by atoms with van der Waals surface area (Å²) in [6, 6.07) is 3.61. The average molecular weight is 309 g/mol. The van der Waals surface area contributed by atoms with Crippen molar-refractivity contribution < 1.29 is 17.9 Å². The molecule has 1 aromatic carbocycles. The molecule has 0 heterocycles. The second-order valence-corrected chi connectivity index (χ2v) is 5.45. The Kier molecular flexibility index (Phi) is 5.93. The van der Waals surface area contributed by atoms with Crippen LogP contribution in [0.3, 0.4) is 0 Å². The van der Waals surface area contributed by atoms with E-state index in [4.69, 9.17) is 10.5 Å². The van der Waals surface area contributed by atoms with Crippen LogP contribution in [-0.4, -0.2) is 23.1 Å². The van der Waals surface area contributed by atoms with Crippen molar-refractivity contribution in [2.45, 2.75) is 13.1 Å². The van der Waals surface area contributed by atoms with Gasteiger partial charge in [-0.3, -0.25) is 0 Å². The zero-order chi connectivity index (χ0) is 14.5. The third-order valence-electron chi connectivity index (χ3n) is 2.26. The molecule has 7 heteroatoms. The first-order valence-electron chi connectivity index (χ1n) is 5.58. The van der Waals surface area contributed by atoms with Crippen molar-refractivity contribution in [3.8, 4) is 5.75 Å². The highest BCUT2D eigenvalue weighted by molar-refractivity contribution is 7.99. The molecule has 1 rings (SSSR count). The van der Waals surface area contributed by atoms with Gasteiger partial charge in [0.15, 0.2) is 0 Å². The van der Waals surface area contributed by atoms with E-state index in [0.29, 0.717) is 5.75 Å². The van der Waals surface area contributed by atoms with Crippen molar-refractivity contribution in [2.75, 3.05) is 18.1 Å². The molecule has 0 unspecified atom stereocenters. The van der Waals surface area contributed by atoms with Gasteiger partial charge in [0.25, 0.3) is 0 Å². The highest BCUT2D eigenvalue weighted by atomic mass is 32.2. The third-order valence-corrected chi connectivity index (χ3v) is 3.36. The molecule has 0 amide bonds. The van der Waals surface area contributed by atoms with E-state index in [0.717, 1.165) is 11.8 Å². The van der Waals surface area contributed by atoms with E-state index in [2.05, 4.69) is 12.2 Å². The Morgan fingerprint density at radius 3 is 2.63 bits per heavy atom. The lowest BCUT2D eigenvalue weighted by Gasteiger charge is -2.15. The molecular weight excluding hydrogens is 295 g/mol. The normalized spacial score (nSPS) is 11.4. The lowest BCUT2D eigenvalue weighted by Crippen LogP contribution is -2.14. The Labute approximate surface area is 119 Å². The minimum Gasteiger partial charge on any atom is -0.492 e. The topological polar surface area (TPSA) is 35.2 Å². The van der Waals surface area contributed by atoms with E-state index >= 15 is 0 Å². The highest BCUT2D eigenvalue weighted by Gasteiger charge is 2.34. The van der Waals surface area contributed by atoms with Crippen LogP contribution in [-0.2, 0) is 6.18 Å². The molecule has 0 saturated carbocycles. The third kappa shape index (κ3) is 4.91. The first-order chi connectivity index (χ1) is 8.86. The summed E-state index contributed by atoms with van der Waals surface area (Å²) in [5.41, 5.74) is 4.67. The summed E-state index contributed by atoms with van der Waals surface area (Å²) in [6.45, 7) is 2.21. The average Bonchev–Trinajstić information content (AvgIpc) is 2.33. The standard InChI is InChI=1S/C12H14F3NOS2/c1-2-19-6-5-17-10-4-3-8(11(16)18)7-9(10)12(13,14)15/h3-4,7H,2,5-6H2,1H3,(H2,16,18). The summed E-state index contributed by atoms with van der Waals surface area (Å²) in [5, 5.41) is 0. The SMILES string of the molecule is CCSCCOc1ccc(C(N)=S)cc1C(F)(F)F. The number of hydrogen-bond donors (Lipinski definition) is 1. The Morgan fingerprint density at radius 1 is 1.42 bits per heavy atom. The van der Waals surface area contributed by atoms with Crippen molar-refractivity contribution in [1.82, 2.24) is 0 Å². The highest BCUT2D eigenvalue weighted by Crippen LogP contribution is 2.36. The van der Waals surface area contributed by atoms with E-state index in [-0.39, 0.29) is 22.9 Å². The molecule has 2 N–H and O–H groups in total. The minimum absolute atomic E-state index is 0.0708. The Hall–Kier alpha value is -0.950. The molecule has 0 bridgehead atoms. The molecule has 0 aliphatic rings. The fourth-order valence-corrected chi connectivity index (χ4v) is 2.00. The molecule has 0 aliphatic carbocycles. The fraction of sp³-hybridized carbons (Fsp3) is 0.417. The summed E-state index contributed by atoms with van der Waals surface area (Å²) < 4.78 is 43.9. The number of rotatable bonds is 6. The van der Waals surface area contributed by atoms with E-state index in [1.807, 2.05) is 6.92 Å². The Balaban J connectivity index is 2.93. The fourth-order valence-electron chi connectivity index (χ4n) is 1.39.